The number of nitrogens with one attached hydrogen (secondary N) is 2. The van der Waals surface area contributed by atoms with Crippen LogP contribution in [0.15, 0.2) is 54.9 Å². The Balaban J connectivity index is 1.48. The maximum absolute atomic E-state index is 12.5. The molecule has 8 heteroatoms. The Hall–Kier alpha value is -3.81. The average molecular weight is 378 g/mol. The summed E-state index contributed by atoms with van der Waals surface area (Å²) in [5.74, 6) is 2.17. The zero-order valence-corrected chi connectivity index (χ0v) is 15.1. The molecule has 0 bridgehead atoms. The summed E-state index contributed by atoms with van der Waals surface area (Å²) in [6, 6.07) is 14.2. The van der Waals surface area contributed by atoms with Crippen molar-refractivity contribution in [3.8, 4) is 17.2 Å². The average Bonchev–Trinajstić information content (AvgIpc) is 2.74. The van der Waals surface area contributed by atoms with Gasteiger partial charge in [-0.1, -0.05) is 6.07 Å². The molecule has 1 aliphatic rings. The van der Waals surface area contributed by atoms with E-state index in [0.29, 0.717) is 42.0 Å². The van der Waals surface area contributed by atoms with Crippen molar-refractivity contribution < 1.29 is 19.0 Å². The van der Waals surface area contributed by atoms with Crippen molar-refractivity contribution in [2.24, 2.45) is 0 Å². The number of anilines is 3. The summed E-state index contributed by atoms with van der Waals surface area (Å²) in [4.78, 5) is 20.7. The van der Waals surface area contributed by atoms with Crippen LogP contribution in [0.25, 0.3) is 0 Å². The molecule has 0 spiro atoms. The fourth-order valence-corrected chi connectivity index (χ4v) is 2.71. The van der Waals surface area contributed by atoms with Gasteiger partial charge in [-0.05, 0) is 24.3 Å². The fraction of sp³-hybridized carbons (Fsp3) is 0.150. The first kappa shape index (κ1) is 17.6. The minimum atomic E-state index is -0.346. The van der Waals surface area contributed by atoms with Gasteiger partial charge in [-0.2, -0.15) is 0 Å². The molecule has 2 aromatic carbocycles. The van der Waals surface area contributed by atoms with Crippen molar-refractivity contribution in [3.05, 3.63) is 60.6 Å². The fourth-order valence-electron chi connectivity index (χ4n) is 2.71. The van der Waals surface area contributed by atoms with Crippen molar-refractivity contribution in [1.29, 1.82) is 0 Å². The number of benzene rings is 2. The van der Waals surface area contributed by atoms with Crippen LogP contribution in [0.3, 0.4) is 0 Å². The highest BCUT2D eigenvalue weighted by atomic mass is 16.6. The highest BCUT2D eigenvalue weighted by Crippen LogP contribution is 2.33. The number of fused-ring (bicyclic) bond motifs is 1. The van der Waals surface area contributed by atoms with E-state index in [1.807, 2.05) is 18.2 Å². The van der Waals surface area contributed by atoms with E-state index >= 15 is 0 Å². The minimum absolute atomic E-state index is 0.234. The van der Waals surface area contributed by atoms with Gasteiger partial charge in [0.2, 0.25) is 0 Å². The molecule has 142 valence electrons. The van der Waals surface area contributed by atoms with Gasteiger partial charge in [0.1, 0.15) is 36.8 Å². The number of aromatic nitrogens is 2. The zero-order chi connectivity index (χ0) is 19.3. The van der Waals surface area contributed by atoms with Crippen molar-refractivity contribution in [1.82, 2.24) is 9.97 Å². The summed E-state index contributed by atoms with van der Waals surface area (Å²) in [6.45, 7) is 1.05. The SMILES string of the molecule is COc1cccc(NC(=O)c2cc(Nc3ccc4c(c3)OCCO4)ncn2)c1. The summed E-state index contributed by atoms with van der Waals surface area (Å²) in [7, 11) is 1.57. The number of amides is 1. The second kappa shape index (κ2) is 7.83. The Morgan fingerprint density at radius 1 is 1.00 bits per heavy atom. The van der Waals surface area contributed by atoms with Gasteiger partial charge in [-0.25, -0.2) is 9.97 Å². The summed E-state index contributed by atoms with van der Waals surface area (Å²) >= 11 is 0. The van der Waals surface area contributed by atoms with Gasteiger partial charge >= 0.3 is 0 Å². The monoisotopic (exact) mass is 378 g/mol. The number of nitrogens with zero attached hydrogens (tertiary/aromatic N) is 2. The first-order valence-electron chi connectivity index (χ1n) is 8.65. The molecule has 3 aromatic rings. The molecule has 2 heterocycles. The standard InChI is InChI=1S/C20H18N4O4/c1-26-15-4-2-3-13(9-15)24-20(25)16-11-19(22-12-21-16)23-14-5-6-17-18(10-14)28-8-7-27-17/h2-6,9-12H,7-8H2,1H3,(H,24,25)(H,21,22,23). The van der Waals surface area contributed by atoms with Crippen LogP contribution in [0, 0.1) is 0 Å². The number of hydrogen-bond donors (Lipinski definition) is 2. The lowest BCUT2D eigenvalue weighted by Crippen LogP contribution is -2.15. The van der Waals surface area contributed by atoms with E-state index in [9.17, 15) is 4.79 Å². The van der Waals surface area contributed by atoms with Gasteiger partial charge in [0.15, 0.2) is 11.5 Å². The van der Waals surface area contributed by atoms with Crippen molar-refractivity contribution >= 4 is 23.1 Å². The molecule has 0 saturated heterocycles. The molecular formula is C20H18N4O4. The van der Waals surface area contributed by atoms with Crippen LogP contribution >= 0.6 is 0 Å². The number of methoxy groups -OCH3 is 1. The summed E-state index contributed by atoms with van der Waals surface area (Å²) in [5.41, 5.74) is 1.62. The van der Waals surface area contributed by atoms with Crippen LogP contribution in [0.2, 0.25) is 0 Å². The minimum Gasteiger partial charge on any atom is -0.497 e. The second-order valence-corrected chi connectivity index (χ2v) is 5.96. The van der Waals surface area contributed by atoms with Crippen molar-refractivity contribution in [2.75, 3.05) is 31.0 Å². The van der Waals surface area contributed by atoms with E-state index in [1.54, 1.807) is 37.4 Å². The maximum atomic E-state index is 12.5. The molecule has 0 atom stereocenters. The van der Waals surface area contributed by atoms with E-state index < -0.39 is 0 Å². The molecule has 2 N–H and O–H groups in total. The highest BCUT2D eigenvalue weighted by Gasteiger charge is 2.13. The Bertz CT molecular complexity index is 1010. The summed E-state index contributed by atoms with van der Waals surface area (Å²) in [5, 5.41) is 5.94. The first-order valence-corrected chi connectivity index (χ1v) is 8.65. The molecule has 1 aromatic heterocycles. The predicted molar refractivity (Wildman–Crippen MR) is 104 cm³/mol. The lowest BCUT2D eigenvalue weighted by molar-refractivity contribution is 0.102. The molecule has 0 aliphatic carbocycles. The van der Waals surface area contributed by atoms with Crippen molar-refractivity contribution in [2.45, 2.75) is 0 Å². The van der Waals surface area contributed by atoms with Crippen molar-refractivity contribution in [3.63, 3.8) is 0 Å². The molecule has 0 saturated carbocycles. The van der Waals surface area contributed by atoms with E-state index in [0.717, 1.165) is 5.69 Å². The molecule has 1 amide bonds. The van der Waals surface area contributed by atoms with Gasteiger partial charge < -0.3 is 24.8 Å². The molecule has 0 fully saturated rings. The topological polar surface area (TPSA) is 94.6 Å². The molecule has 4 rings (SSSR count). The number of carbonyl (C=O) groups excluding carboxylic acids is 1. The molecule has 8 nitrogen and oxygen atoms in total. The summed E-state index contributed by atoms with van der Waals surface area (Å²) in [6.07, 6.45) is 1.33. The smallest absolute Gasteiger partial charge is 0.274 e. The largest absolute Gasteiger partial charge is 0.497 e. The van der Waals surface area contributed by atoms with Gasteiger partial charge in [-0.3, -0.25) is 4.79 Å². The molecule has 0 unspecified atom stereocenters. The third-order valence-corrected chi connectivity index (χ3v) is 4.04. The third kappa shape index (κ3) is 3.96. The predicted octanol–water partition coefficient (Wildman–Crippen LogP) is 3.25. The van der Waals surface area contributed by atoms with Gasteiger partial charge in [0, 0.05) is 29.6 Å². The van der Waals surface area contributed by atoms with Crippen LogP contribution < -0.4 is 24.8 Å². The lowest BCUT2D eigenvalue weighted by atomic mass is 10.2. The highest BCUT2D eigenvalue weighted by molar-refractivity contribution is 6.03. The second-order valence-electron chi connectivity index (χ2n) is 5.96. The molecular weight excluding hydrogens is 360 g/mol. The quantitative estimate of drug-likeness (QED) is 0.704. The van der Waals surface area contributed by atoms with Gasteiger partial charge in [0.25, 0.3) is 5.91 Å². The normalized spacial score (nSPS) is 12.2. The Labute approximate surface area is 161 Å². The van der Waals surface area contributed by atoms with Crippen LogP contribution in [0.4, 0.5) is 17.2 Å². The maximum Gasteiger partial charge on any atom is 0.274 e. The number of hydrogen-bond acceptors (Lipinski definition) is 7. The number of carbonyl (C=O) groups is 1. The Morgan fingerprint density at radius 3 is 2.71 bits per heavy atom. The molecule has 1 aliphatic heterocycles. The van der Waals surface area contributed by atoms with Gasteiger partial charge in [-0.15, -0.1) is 0 Å². The zero-order valence-electron chi connectivity index (χ0n) is 15.1. The molecule has 28 heavy (non-hydrogen) atoms. The van der Waals surface area contributed by atoms with Gasteiger partial charge in [0.05, 0.1) is 7.11 Å². The van der Waals surface area contributed by atoms with E-state index in [1.165, 1.54) is 6.33 Å². The third-order valence-electron chi connectivity index (χ3n) is 4.04. The molecule has 0 radical (unpaired) electrons. The number of rotatable bonds is 5. The number of ether oxygens (including phenoxy) is 3. The van der Waals surface area contributed by atoms with E-state index in [-0.39, 0.29) is 11.6 Å². The van der Waals surface area contributed by atoms with Crippen LogP contribution in [0.1, 0.15) is 10.5 Å². The Morgan fingerprint density at radius 2 is 1.86 bits per heavy atom. The first-order chi connectivity index (χ1) is 13.7. The lowest BCUT2D eigenvalue weighted by Gasteiger charge is -2.19. The van der Waals surface area contributed by atoms with Crippen LogP contribution in [-0.2, 0) is 0 Å². The van der Waals surface area contributed by atoms with Crippen LogP contribution in [0.5, 0.6) is 17.2 Å². The van der Waals surface area contributed by atoms with E-state index in [4.69, 9.17) is 14.2 Å². The Kier molecular flexibility index (Phi) is 4.92. The van der Waals surface area contributed by atoms with Crippen LogP contribution in [-0.4, -0.2) is 36.2 Å². The van der Waals surface area contributed by atoms with E-state index in [2.05, 4.69) is 20.6 Å². The summed E-state index contributed by atoms with van der Waals surface area (Å²) < 4.78 is 16.3.